The summed E-state index contributed by atoms with van der Waals surface area (Å²) in [6, 6.07) is 0.673. The minimum atomic E-state index is -1.89. The number of phenolic OH excluding ortho intramolecular Hbond substituents is 1. The first-order chi connectivity index (χ1) is 6.43. The van der Waals surface area contributed by atoms with E-state index in [1.807, 2.05) is 0 Å². The average molecular weight is 202 g/mol. The van der Waals surface area contributed by atoms with Gasteiger partial charge in [-0.05, 0) is 6.07 Å². The zero-order valence-corrected chi connectivity index (χ0v) is 6.62. The number of Topliss-reactive ketones (excluding diaryl/α,β-unsaturated/α-hetero) is 1. The number of aromatic hydroxyl groups is 1. The molecule has 0 saturated heterocycles. The van der Waals surface area contributed by atoms with Crippen LogP contribution >= 0.6 is 0 Å². The van der Waals surface area contributed by atoms with Gasteiger partial charge >= 0.3 is 5.97 Å². The van der Waals surface area contributed by atoms with Crippen molar-refractivity contribution in [3.05, 3.63) is 29.3 Å². The maximum atomic E-state index is 12.8. The quantitative estimate of drug-likeness (QED) is 0.552. The first kappa shape index (κ1) is 10.1. The van der Waals surface area contributed by atoms with E-state index in [1.165, 1.54) is 0 Å². The van der Waals surface area contributed by atoms with E-state index in [0.717, 1.165) is 0 Å². The molecule has 2 N–H and O–H groups in total. The molecule has 0 amide bonds. The Labute approximate surface area is 76.4 Å². The van der Waals surface area contributed by atoms with Crippen LogP contribution in [-0.4, -0.2) is 22.0 Å². The maximum Gasteiger partial charge on any atom is 0.377 e. The van der Waals surface area contributed by atoms with Gasteiger partial charge < -0.3 is 10.2 Å². The molecular weight excluding hydrogens is 198 g/mol. The second kappa shape index (κ2) is 3.41. The first-order valence-corrected chi connectivity index (χ1v) is 3.39. The van der Waals surface area contributed by atoms with Crippen molar-refractivity contribution >= 4 is 11.8 Å². The van der Waals surface area contributed by atoms with Crippen LogP contribution in [0.5, 0.6) is 5.75 Å². The van der Waals surface area contributed by atoms with Crippen LogP contribution in [-0.2, 0) is 4.79 Å². The Morgan fingerprint density at radius 1 is 1.14 bits per heavy atom. The lowest BCUT2D eigenvalue weighted by Crippen LogP contribution is -2.14. The summed E-state index contributed by atoms with van der Waals surface area (Å²) < 4.78 is 25.5. The van der Waals surface area contributed by atoms with E-state index in [2.05, 4.69) is 0 Å². The number of hydrogen-bond donors (Lipinski definition) is 2. The van der Waals surface area contributed by atoms with Gasteiger partial charge in [-0.25, -0.2) is 13.6 Å². The Hall–Kier alpha value is -1.98. The zero-order chi connectivity index (χ0) is 10.9. The Morgan fingerprint density at radius 2 is 1.71 bits per heavy atom. The molecule has 1 aromatic rings. The fourth-order valence-electron chi connectivity index (χ4n) is 0.826. The van der Waals surface area contributed by atoms with E-state index < -0.39 is 34.7 Å². The van der Waals surface area contributed by atoms with Gasteiger partial charge in [-0.2, -0.15) is 0 Å². The van der Waals surface area contributed by atoms with Gasteiger partial charge in [-0.15, -0.1) is 0 Å². The molecule has 14 heavy (non-hydrogen) atoms. The molecule has 0 aliphatic rings. The Morgan fingerprint density at radius 3 is 2.21 bits per heavy atom. The normalized spacial score (nSPS) is 9.86. The molecule has 0 bridgehead atoms. The average Bonchev–Trinajstić information content (AvgIpc) is 2.10. The Bertz CT molecular complexity index is 414. The molecule has 0 radical (unpaired) electrons. The topological polar surface area (TPSA) is 74.6 Å². The lowest BCUT2D eigenvalue weighted by atomic mass is 10.1. The van der Waals surface area contributed by atoms with Crippen LogP contribution in [0.1, 0.15) is 10.4 Å². The number of carboxylic acid groups (broad SMARTS) is 1. The minimum Gasteiger partial charge on any atom is -0.505 e. The number of aliphatic carboxylic acids is 1. The van der Waals surface area contributed by atoms with Gasteiger partial charge in [-0.3, -0.25) is 4.79 Å². The van der Waals surface area contributed by atoms with Crippen molar-refractivity contribution in [1.82, 2.24) is 0 Å². The van der Waals surface area contributed by atoms with Gasteiger partial charge in [0.2, 0.25) is 0 Å². The molecule has 1 aromatic carbocycles. The van der Waals surface area contributed by atoms with Crippen LogP contribution in [0, 0.1) is 11.6 Å². The van der Waals surface area contributed by atoms with E-state index in [-0.39, 0.29) is 0 Å². The van der Waals surface area contributed by atoms with E-state index in [0.29, 0.717) is 12.1 Å². The molecule has 0 spiro atoms. The fraction of sp³-hybridized carbons (Fsp3) is 0. The summed E-state index contributed by atoms with van der Waals surface area (Å²) >= 11 is 0. The van der Waals surface area contributed by atoms with Crippen molar-refractivity contribution in [2.24, 2.45) is 0 Å². The summed E-state index contributed by atoms with van der Waals surface area (Å²) in [4.78, 5) is 20.9. The standard InChI is InChI=1S/C8H4F2O4/c9-4-2-6(11)5(10)1-3(4)7(12)8(13)14/h1-2,11H,(H,13,14). The van der Waals surface area contributed by atoms with Crippen molar-refractivity contribution in [2.75, 3.05) is 0 Å². The number of carbonyl (C=O) groups is 2. The summed E-state index contributed by atoms with van der Waals surface area (Å²) in [6.45, 7) is 0. The summed E-state index contributed by atoms with van der Waals surface area (Å²) in [5.74, 6) is -6.98. The fourth-order valence-corrected chi connectivity index (χ4v) is 0.826. The number of phenols is 1. The van der Waals surface area contributed by atoms with Gasteiger partial charge in [-0.1, -0.05) is 0 Å². The highest BCUT2D eigenvalue weighted by atomic mass is 19.1. The molecule has 0 saturated carbocycles. The van der Waals surface area contributed by atoms with Crippen LogP contribution < -0.4 is 0 Å². The van der Waals surface area contributed by atoms with Crippen LogP contribution in [0.3, 0.4) is 0 Å². The van der Waals surface area contributed by atoms with Crippen molar-refractivity contribution in [2.45, 2.75) is 0 Å². The third-order valence-electron chi connectivity index (χ3n) is 1.48. The molecule has 0 aromatic heterocycles. The first-order valence-electron chi connectivity index (χ1n) is 3.39. The van der Waals surface area contributed by atoms with Crippen molar-refractivity contribution in [3.63, 3.8) is 0 Å². The molecule has 0 atom stereocenters. The molecule has 0 aliphatic carbocycles. The lowest BCUT2D eigenvalue weighted by molar-refractivity contribution is -0.131. The number of ketones is 1. The molecule has 0 aliphatic heterocycles. The van der Waals surface area contributed by atoms with E-state index in [4.69, 9.17) is 10.2 Å². The number of carboxylic acids is 1. The largest absolute Gasteiger partial charge is 0.505 e. The molecule has 0 unspecified atom stereocenters. The predicted molar refractivity (Wildman–Crippen MR) is 40.0 cm³/mol. The third kappa shape index (κ3) is 1.68. The molecule has 4 nitrogen and oxygen atoms in total. The smallest absolute Gasteiger partial charge is 0.377 e. The van der Waals surface area contributed by atoms with Gasteiger partial charge in [0.25, 0.3) is 5.78 Å². The predicted octanol–water partition coefficient (Wildman–Crippen LogP) is 0.938. The van der Waals surface area contributed by atoms with Crippen LogP contribution in [0.25, 0.3) is 0 Å². The Balaban J connectivity index is 3.29. The van der Waals surface area contributed by atoms with Crippen molar-refractivity contribution in [1.29, 1.82) is 0 Å². The van der Waals surface area contributed by atoms with Crippen LogP contribution in [0.2, 0.25) is 0 Å². The lowest BCUT2D eigenvalue weighted by Gasteiger charge is -2.00. The van der Waals surface area contributed by atoms with Gasteiger partial charge in [0.05, 0.1) is 5.56 Å². The van der Waals surface area contributed by atoms with Crippen molar-refractivity contribution in [3.8, 4) is 5.75 Å². The highest BCUT2D eigenvalue weighted by molar-refractivity contribution is 6.39. The molecule has 0 heterocycles. The van der Waals surface area contributed by atoms with Crippen molar-refractivity contribution < 1.29 is 28.6 Å². The number of rotatable bonds is 2. The molecule has 0 fully saturated rings. The zero-order valence-electron chi connectivity index (χ0n) is 6.62. The van der Waals surface area contributed by atoms with Gasteiger partial charge in [0.15, 0.2) is 11.6 Å². The maximum absolute atomic E-state index is 12.8. The summed E-state index contributed by atoms with van der Waals surface area (Å²) in [7, 11) is 0. The number of halogens is 2. The summed E-state index contributed by atoms with van der Waals surface area (Å²) in [5.41, 5.74) is -0.923. The highest BCUT2D eigenvalue weighted by Gasteiger charge is 2.21. The SMILES string of the molecule is O=C(O)C(=O)c1cc(F)c(O)cc1F. The molecule has 6 heteroatoms. The second-order valence-corrected chi connectivity index (χ2v) is 2.42. The molecule has 74 valence electrons. The second-order valence-electron chi connectivity index (χ2n) is 2.42. The number of benzene rings is 1. The Kier molecular flexibility index (Phi) is 2.46. The summed E-state index contributed by atoms with van der Waals surface area (Å²) in [5, 5.41) is 16.9. The van der Waals surface area contributed by atoms with E-state index >= 15 is 0 Å². The van der Waals surface area contributed by atoms with E-state index in [9.17, 15) is 18.4 Å². The molecular formula is C8H4F2O4. The number of carbonyl (C=O) groups excluding carboxylic acids is 1. The van der Waals surface area contributed by atoms with E-state index in [1.54, 1.807) is 0 Å². The monoisotopic (exact) mass is 202 g/mol. The van der Waals surface area contributed by atoms with Crippen LogP contribution in [0.4, 0.5) is 8.78 Å². The highest BCUT2D eigenvalue weighted by Crippen LogP contribution is 2.20. The van der Waals surface area contributed by atoms with Gasteiger partial charge in [0, 0.05) is 6.07 Å². The summed E-state index contributed by atoms with van der Waals surface area (Å²) in [6.07, 6.45) is 0. The van der Waals surface area contributed by atoms with Gasteiger partial charge in [0.1, 0.15) is 5.82 Å². The van der Waals surface area contributed by atoms with Crippen LogP contribution in [0.15, 0.2) is 12.1 Å². The minimum absolute atomic E-state index is 0.334. The number of hydrogen-bond acceptors (Lipinski definition) is 3. The third-order valence-corrected chi connectivity index (χ3v) is 1.48. The molecule has 1 rings (SSSR count).